The molecule has 3 heteroatoms. The minimum Gasteiger partial charge on any atom is -0.491 e. The van der Waals surface area contributed by atoms with E-state index in [9.17, 15) is 0 Å². The summed E-state index contributed by atoms with van der Waals surface area (Å²) in [7, 11) is 0. The van der Waals surface area contributed by atoms with Crippen molar-refractivity contribution in [3.05, 3.63) is 23.8 Å². The van der Waals surface area contributed by atoms with Crippen LogP contribution >= 0.6 is 0 Å². The van der Waals surface area contributed by atoms with Crippen LogP contribution in [0.2, 0.25) is 0 Å². The lowest BCUT2D eigenvalue weighted by molar-refractivity contribution is 0.319. The molecule has 0 amide bonds. The number of aryl methyl sites for hydroxylation is 1. The van der Waals surface area contributed by atoms with Gasteiger partial charge in [-0.05, 0) is 31.0 Å². The SMILES string of the molecule is CCCOc1ccc(C)cc1NCCN. The summed E-state index contributed by atoms with van der Waals surface area (Å²) in [6.45, 7) is 6.31. The predicted molar refractivity (Wildman–Crippen MR) is 64.5 cm³/mol. The third-order valence-corrected chi connectivity index (χ3v) is 2.06. The molecule has 3 nitrogen and oxygen atoms in total. The van der Waals surface area contributed by atoms with Crippen molar-refractivity contribution in [3.8, 4) is 5.75 Å². The van der Waals surface area contributed by atoms with Crippen LogP contribution in [0.1, 0.15) is 18.9 Å². The van der Waals surface area contributed by atoms with Gasteiger partial charge in [0.15, 0.2) is 0 Å². The fourth-order valence-corrected chi connectivity index (χ4v) is 1.33. The Morgan fingerprint density at radius 3 is 2.87 bits per heavy atom. The van der Waals surface area contributed by atoms with Gasteiger partial charge in [0.25, 0.3) is 0 Å². The van der Waals surface area contributed by atoms with Crippen LogP contribution in [0.3, 0.4) is 0 Å². The molecule has 0 aliphatic rings. The molecule has 0 spiro atoms. The number of hydrogen-bond acceptors (Lipinski definition) is 3. The molecular formula is C12H20N2O. The first kappa shape index (κ1) is 11.9. The molecule has 0 aromatic heterocycles. The van der Waals surface area contributed by atoms with Gasteiger partial charge in [-0.25, -0.2) is 0 Å². The molecule has 3 N–H and O–H groups in total. The third kappa shape index (κ3) is 3.80. The lowest BCUT2D eigenvalue weighted by Gasteiger charge is -2.13. The summed E-state index contributed by atoms with van der Waals surface area (Å²) >= 11 is 0. The second-order valence-electron chi connectivity index (χ2n) is 3.56. The van der Waals surface area contributed by atoms with Gasteiger partial charge in [0, 0.05) is 13.1 Å². The Kier molecular flexibility index (Phi) is 4.98. The van der Waals surface area contributed by atoms with Crippen molar-refractivity contribution in [2.45, 2.75) is 20.3 Å². The first-order valence-corrected chi connectivity index (χ1v) is 5.45. The van der Waals surface area contributed by atoms with Crippen LogP contribution in [0.15, 0.2) is 18.2 Å². The van der Waals surface area contributed by atoms with Gasteiger partial charge in [0.05, 0.1) is 12.3 Å². The van der Waals surface area contributed by atoms with Crippen molar-refractivity contribution in [2.24, 2.45) is 5.73 Å². The van der Waals surface area contributed by atoms with Crippen LogP contribution in [-0.2, 0) is 0 Å². The van der Waals surface area contributed by atoms with E-state index in [1.807, 2.05) is 6.07 Å². The van der Waals surface area contributed by atoms with Crippen molar-refractivity contribution in [1.82, 2.24) is 0 Å². The summed E-state index contributed by atoms with van der Waals surface area (Å²) in [6, 6.07) is 6.14. The van der Waals surface area contributed by atoms with Crippen molar-refractivity contribution in [1.29, 1.82) is 0 Å². The number of nitrogens with one attached hydrogen (secondary N) is 1. The van der Waals surface area contributed by atoms with Gasteiger partial charge >= 0.3 is 0 Å². The van der Waals surface area contributed by atoms with Gasteiger partial charge in [0.1, 0.15) is 5.75 Å². The van der Waals surface area contributed by atoms with E-state index >= 15 is 0 Å². The predicted octanol–water partition coefficient (Wildman–Crippen LogP) is 2.15. The first-order chi connectivity index (χ1) is 7.27. The number of hydrogen-bond donors (Lipinski definition) is 2. The zero-order valence-corrected chi connectivity index (χ0v) is 9.55. The van der Waals surface area contributed by atoms with E-state index in [-0.39, 0.29) is 0 Å². The highest BCUT2D eigenvalue weighted by molar-refractivity contribution is 5.58. The van der Waals surface area contributed by atoms with Crippen LogP contribution in [0.5, 0.6) is 5.75 Å². The molecule has 84 valence electrons. The Hall–Kier alpha value is -1.22. The topological polar surface area (TPSA) is 47.3 Å². The van der Waals surface area contributed by atoms with E-state index in [1.54, 1.807) is 0 Å². The number of ether oxygens (including phenoxy) is 1. The Morgan fingerprint density at radius 1 is 1.40 bits per heavy atom. The fourth-order valence-electron chi connectivity index (χ4n) is 1.33. The van der Waals surface area contributed by atoms with Crippen molar-refractivity contribution in [3.63, 3.8) is 0 Å². The van der Waals surface area contributed by atoms with Crippen LogP contribution in [0, 0.1) is 6.92 Å². The molecule has 0 atom stereocenters. The van der Waals surface area contributed by atoms with Gasteiger partial charge in [-0.1, -0.05) is 13.0 Å². The average Bonchev–Trinajstić information content (AvgIpc) is 2.25. The highest BCUT2D eigenvalue weighted by atomic mass is 16.5. The Bertz CT molecular complexity index is 300. The molecule has 1 aromatic rings. The molecule has 0 fully saturated rings. The lowest BCUT2D eigenvalue weighted by Crippen LogP contribution is -2.14. The van der Waals surface area contributed by atoms with Crippen molar-refractivity contribution < 1.29 is 4.74 Å². The molecular weight excluding hydrogens is 188 g/mol. The molecule has 0 radical (unpaired) electrons. The van der Waals surface area contributed by atoms with E-state index in [4.69, 9.17) is 10.5 Å². The van der Waals surface area contributed by atoms with E-state index in [1.165, 1.54) is 5.56 Å². The van der Waals surface area contributed by atoms with Gasteiger partial charge in [-0.2, -0.15) is 0 Å². The molecule has 0 saturated heterocycles. The highest BCUT2D eigenvalue weighted by Gasteiger charge is 2.02. The minimum atomic E-state index is 0.626. The van der Waals surface area contributed by atoms with Gasteiger partial charge in [0.2, 0.25) is 0 Å². The average molecular weight is 208 g/mol. The molecule has 1 rings (SSSR count). The van der Waals surface area contributed by atoms with Gasteiger partial charge < -0.3 is 15.8 Å². The maximum absolute atomic E-state index is 5.64. The molecule has 0 bridgehead atoms. The summed E-state index contributed by atoms with van der Waals surface area (Å²) in [4.78, 5) is 0. The molecule has 0 unspecified atom stereocenters. The lowest BCUT2D eigenvalue weighted by atomic mass is 10.2. The molecule has 15 heavy (non-hydrogen) atoms. The van der Waals surface area contributed by atoms with E-state index in [0.717, 1.165) is 31.0 Å². The summed E-state index contributed by atoms with van der Waals surface area (Å²) in [6.07, 6.45) is 1.02. The molecule has 0 saturated carbocycles. The van der Waals surface area contributed by atoms with Crippen LogP contribution in [0.4, 0.5) is 5.69 Å². The van der Waals surface area contributed by atoms with E-state index < -0.39 is 0 Å². The number of rotatable bonds is 6. The van der Waals surface area contributed by atoms with Crippen molar-refractivity contribution in [2.75, 3.05) is 25.0 Å². The monoisotopic (exact) mass is 208 g/mol. The maximum atomic E-state index is 5.64. The molecule has 1 aromatic carbocycles. The normalized spacial score (nSPS) is 10.1. The van der Waals surface area contributed by atoms with Crippen LogP contribution in [0.25, 0.3) is 0 Å². The minimum absolute atomic E-state index is 0.626. The smallest absolute Gasteiger partial charge is 0.142 e. The standard InChI is InChI=1S/C12H20N2O/c1-3-8-15-12-5-4-10(2)9-11(12)14-7-6-13/h4-5,9,14H,3,6-8,13H2,1-2H3. The number of anilines is 1. The van der Waals surface area contributed by atoms with E-state index in [0.29, 0.717) is 6.54 Å². The molecule has 0 heterocycles. The fraction of sp³-hybridized carbons (Fsp3) is 0.500. The van der Waals surface area contributed by atoms with Gasteiger partial charge in [-0.3, -0.25) is 0 Å². The Morgan fingerprint density at radius 2 is 2.20 bits per heavy atom. The largest absolute Gasteiger partial charge is 0.491 e. The summed E-state index contributed by atoms with van der Waals surface area (Å²) in [5.41, 5.74) is 7.72. The zero-order valence-electron chi connectivity index (χ0n) is 9.55. The number of benzene rings is 1. The Balaban J connectivity index is 2.73. The second-order valence-corrected chi connectivity index (χ2v) is 3.56. The quantitative estimate of drug-likeness (QED) is 0.753. The van der Waals surface area contributed by atoms with Crippen LogP contribution in [-0.4, -0.2) is 19.7 Å². The maximum Gasteiger partial charge on any atom is 0.142 e. The summed E-state index contributed by atoms with van der Waals surface area (Å²) < 4.78 is 5.64. The highest BCUT2D eigenvalue weighted by Crippen LogP contribution is 2.25. The molecule has 0 aliphatic heterocycles. The first-order valence-electron chi connectivity index (χ1n) is 5.45. The zero-order chi connectivity index (χ0) is 11.1. The summed E-state index contributed by atoms with van der Waals surface area (Å²) in [5.74, 6) is 0.913. The second kappa shape index (κ2) is 6.30. The molecule has 0 aliphatic carbocycles. The third-order valence-electron chi connectivity index (χ3n) is 2.06. The van der Waals surface area contributed by atoms with Crippen molar-refractivity contribution >= 4 is 5.69 Å². The summed E-state index contributed by atoms with van der Waals surface area (Å²) in [5, 5.41) is 3.26. The Labute approximate surface area is 91.6 Å². The van der Waals surface area contributed by atoms with E-state index in [2.05, 4.69) is 31.3 Å². The van der Waals surface area contributed by atoms with Gasteiger partial charge in [-0.15, -0.1) is 0 Å². The van der Waals surface area contributed by atoms with Crippen LogP contribution < -0.4 is 15.8 Å². The number of nitrogens with two attached hydrogens (primary N) is 1.